The SMILES string of the molecule is CCCCCCCC/C=C\CCCCCCCC(=O)OC(O)C(C)(C)C(O)C(C)C. The minimum Gasteiger partial charge on any atom is -0.435 e. The molecule has 0 aliphatic rings. The van der Waals surface area contributed by atoms with Crippen LogP contribution in [0, 0.1) is 11.3 Å². The highest BCUT2D eigenvalue weighted by Crippen LogP contribution is 2.31. The zero-order valence-electron chi connectivity index (χ0n) is 20.5. The molecule has 0 saturated heterocycles. The van der Waals surface area contributed by atoms with Gasteiger partial charge in [-0.05, 0) is 38.0 Å². The molecule has 0 aromatic rings. The van der Waals surface area contributed by atoms with Gasteiger partial charge in [-0.25, -0.2) is 0 Å². The Kier molecular flexibility index (Phi) is 17.3. The molecule has 0 heterocycles. The maximum Gasteiger partial charge on any atom is 0.308 e. The number of rotatable bonds is 19. The number of hydrogen-bond acceptors (Lipinski definition) is 4. The summed E-state index contributed by atoms with van der Waals surface area (Å²) in [5.41, 5.74) is -0.883. The molecule has 0 aromatic carbocycles. The normalized spacial score (nSPS) is 14.4. The molecule has 2 atom stereocenters. The maximum atomic E-state index is 12.0. The summed E-state index contributed by atoms with van der Waals surface area (Å²) in [6.45, 7) is 9.46. The van der Waals surface area contributed by atoms with E-state index < -0.39 is 17.8 Å². The number of carbonyl (C=O) groups is 1. The summed E-state index contributed by atoms with van der Waals surface area (Å²) in [7, 11) is 0. The molecule has 0 amide bonds. The predicted molar refractivity (Wildman–Crippen MR) is 126 cm³/mol. The van der Waals surface area contributed by atoms with E-state index in [0.29, 0.717) is 6.42 Å². The van der Waals surface area contributed by atoms with Crippen molar-refractivity contribution in [1.29, 1.82) is 0 Å². The van der Waals surface area contributed by atoms with Gasteiger partial charge >= 0.3 is 5.97 Å². The predicted octanol–water partition coefficient (Wildman–Crippen LogP) is 6.93. The first-order chi connectivity index (χ1) is 14.2. The molecule has 0 aliphatic heterocycles. The lowest BCUT2D eigenvalue weighted by molar-refractivity contribution is -0.207. The topological polar surface area (TPSA) is 66.8 Å². The summed E-state index contributed by atoms with van der Waals surface area (Å²) in [4.78, 5) is 12.0. The summed E-state index contributed by atoms with van der Waals surface area (Å²) in [5.74, 6) is -0.400. The Bertz CT molecular complexity index is 442. The van der Waals surface area contributed by atoms with Gasteiger partial charge in [0.1, 0.15) is 0 Å². The van der Waals surface area contributed by atoms with Gasteiger partial charge in [-0.15, -0.1) is 0 Å². The average Bonchev–Trinajstić information content (AvgIpc) is 2.70. The van der Waals surface area contributed by atoms with Gasteiger partial charge in [0.2, 0.25) is 6.29 Å². The van der Waals surface area contributed by atoms with Crippen molar-refractivity contribution in [1.82, 2.24) is 0 Å². The smallest absolute Gasteiger partial charge is 0.308 e. The summed E-state index contributed by atoms with van der Waals surface area (Å²) < 4.78 is 5.15. The Labute approximate surface area is 186 Å². The number of hydrogen-bond donors (Lipinski definition) is 2. The Morgan fingerprint density at radius 2 is 1.30 bits per heavy atom. The lowest BCUT2D eigenvalue weighted by Crippen LogP contribution is -2.45. The molecule has 0 saturated carbocycles. The third-order valence-electron chi connectivity index (χ3n) is 5.92. The monoisotopic (exact) mass is 426 g/mol. The molecule has 0 fully saturated rings. The Morgan fingerprint density at radius 1 is 0.833 bits per heavy atom. The second-order valence-electron chi connectivity index (χ2n) is 9.69. The Hall–Kier alpha value is -0.870. The molecule has 0 spiro atoms. The van der Waals surface area contributed by atoms with E-state index >= 15 is 0 Å². The van der Waals surface area contributed by atoms with Crippen LogP contribution >= 0.6 is 0 Å². The second kappa shape index (κ2) is 17.8. The number of esters is 1. The number of allylic oxidation sites excluding steroid dienone is 2. The number of aliphatic hydroxyl groups excluding tert-OH is 2. The van der Waals surface area contributed by atoms with E-state index in [0.717, 1.165) is 25.7 Å². The Balaban J connectivity index is 3.64. The molecule has 0 bridgehead atoms. The van der Waals surface area contributed by atoms with E-state index in [1.807, 2.05) is 13.8 Å². The molecule has 4 heteroatoms. The zero-order chi connectivity index (χ0) is 22.8. The van der Waals surface area contributed by atoms with Crippen LogP contribution < -0.4 is 0 Å². The van der Waals surface area contributed by atoms with E-state index in [1.54, 1.807) is 13.8 Å². The van der Waals surface area contributed by atoms with Crippen molar-refractivity contribution in [3.63, 3.8) is 0 Å². The van der Waals surface area contributed by atoms with Crippen LogP contribution in [-0.4, -0.2) is 28.6 Å². The number of unbranched alkanes of at least 4 members (excludes halogenated alkanes) is 11. The molecule has 2 N–H and O–H groups in total. The van der Waals surface area contributed by atoms with Crippen LogP contribution in [0.2, 0.25) is 0 Å². The van der Waals surface area contributed by atoms with Crippen LogP contribution in [0.4, 0.5) is 0 Å². The van der Waals surface area contributed by atoms with Crippen molar-refractivity contribution in [3.8, 4) is 0 Å². The van der Waals surface area contributed by atoms with E-state index in [1.165, 1.54) is 57.8 Å². The lowest BCUT2D eigenvalue weighted by atomic mass is 9.80. The van der Waals surface area contributed by atoms with Gasteiger partial charge < -0.3 is 14.9 Å². The van der Waals surface area contributed by atoms with Gasteiger partial charge in [-0.3, -0.25) is 4.79 Å². The zero-order valence-corrected chi connectivity index (χ0v) is 20.5. The van der Waals surface area contributed by atoms with E-state index in [9.17, 15) is 15.0 Å². The van der Waals surface area contributed by atoms with E-state index in [4.69, 9.17) is 4.74 Å². The van der Waals surface area contributed by atoms with Crippen LogP contribution in [0.1, 0.15) is 125 Å². The van der Waals surface area contributed by atoms with Gasteiger partial charge in [0.05, 0.1) is 11.5 Å². The molecule has 30 heavy (non-hydrogen) atoms. The third kappa shape index (κ3) is 14.2. The summed E-state index contributed by atoms with van der Waals surface area (Å²) in [6.07, 6.45) is 18.8. The van der Waals surface area contributed by atoms with Crippen LogP contribution in [0.3, 0.4) is 0 Å². The minimum absolute atomic E-state index is 0.0150. The van der Waals surface area contributed by atoms with Gasteiger partial charge in [-0.2, -0.15) is 0 Å². The standard InChI is InChI=1S/C26H50O4/c1-6-7-8-9-10-11-12-13-14-15-16-17-18-19-20-21-23(27)30-25(29)26(4,5)24(28)22(2)3/h13-14,22,24-25,28-29H,6-12,15-21H2,1-5H3/b14-13-. The molecule has 178 valence electrons. The molecule has 0 aliphatic carbocycles. The first-order valence-corrected chi connectivity index (χ1v) is 12.4. The van der Waals surface area contributed by atoms with Crippen LogP contribution in [-0.2, 0) is 9.53 Å². The van der Waals surface area contributed by atoms with Crippen LogP contribution in [0.25, 0.3) is 0 Å². The fourth-order valence-corrected chi connectivity index (χ4v) is 3.68. The van der Waals surface area contributed by atoms with Gasteiger partial charge in [0.15, 0.2) is 0 Å². The Morgan fingerprint density at radius 3 is 1.80 bits per heavy atom. The maximum absolute atomic E-state index is 12.0. The molecule has 0 rings (SSSR count). The lowest BCUT2D eigenvalue weighted by Gasteiger charge is -2.36. The summed E-state index contributed by atoms with van der Waals surface area (Å²) in [5, 5.41) is 20.4. The number of aliphatic hydroxyl groups is 2. The number of ether oxygens (including phenoxy) is 1. The summed E-state index contributed by atoms with van der Waals surface area (Å²) >= 11 is 0. The molecule has 0 aromatic heterocycles. The highest BCUT2D eigenvalue weighted by molar-refractivity contribution is 5.69. The van der Waals surface area contributed by atoms with Crippen molar-refractivity contribution in [2.75, 3.05) is 0 Å². The van der Waals surface area contributed by atoms with E-state index in [-0.39, 0.29) is 11.9 Å². The highest BCUT2D eigenvalue weighted by Gasteiger charge is 2.39. The quantitative estimate of drug-likeness (QED) is 0.102. The first-order valence-electron chi connectivity index (χ1n) is 12.4. The minimum atomic E-state index is -1.29. The molecule has 4 nitrogen and oxygen atoms in total. The van der Waals surface area contributed by atoms with Gasteiger partial charge in [0, 0.05) is 6.42 Å². The number of carbonyl (C=O) groups excluding carboxylic acids is 1. The second-order valence-corrected chi connectivity index (χ2v) is 9.69. The summed E-state index contributed by atoms with van der Waals surface area (Å²) in [6, 6.07) is 0. The van der Waals surface area contributed by atoms with Crippen LogP contribution in [0.15, 0.2) is 12.2 Å². The van der Waals surface area contributed by atoms with Gasteiger partial charge in [0.25, 0.3) is 0 Å². The third-order valence-corrected chi connectivity index (χ3v) is 5.92. The van der Waals surface area contributed by atoms with Crippen molar-refractivity contribution >= 4 is 5.97 Å². The van der Waals surface area contributed by atoms with Crippen molar-refractivity contribution in [2.24, 2.45) is 11.3 Å². The van der Waals surface area contributed by atoms with Crippen molar-refractivity contribution in [2.45, 2.75) is 137 Å². The molecular weight excluding hydrogens is 376 g/mol. The molecule has 0 radical (unpaired) electrons. The van der Waals surface area contributed by atoms with E-state index in [2.05, 4.69) is 19.1 Å². The fourth-order valence-electron chi connectivity index (χ4n) is 3.68. The van der Waals surface area contributed by atoms with Crippen LogP contribution in [0.5, 0.6) is 0 Å². The molecular formula is C26H50O4. The molecule has 2 unspecified atom stereocenters. The van der Waals surface area contributed by atoms with Crippen molar-refractivity contribution in [3.05, 3.63) is 12.2 Å². The fraction of sp³-hybridized carbons (Fsp3) is 0.885. The van der Waals surface area contributed by atoms with Gasteiger partial charge in [-0.1, -0.05) is 98.1 Å². The largest absolute Gasteiger partial charge is 0.435 e. The van der Waals surface area contributed by atoms with Crippen molar-refractivity contribution < 1.29 is 19.7 Å². The average molecular weight is 427 g/mol. The highest BCUT2D eigenvalue weighted by atomic mass is 16.6. The first kappa shape index (κ1) is 29.1.